The van der Waals surface area contributed by atoms with E-state index >= 15 is 0 Å². The predicted molar refractivity (Wildman–Crippen MR) is 51.7 cm³/mol. The van der Waals surface area contributed by atoms with E-state index in [4.69, 9.17) is 20.4 Å². The minimum Gasteiger partial charge on any atom is -0.392 e. The third-order valence-electron chi connectivity index (χ3n) is 1.13. The number of aliphatic hydroxyl groups excluding tert-OH is 1. The fraction of sp³-hybridized carbons (Fsp3) is 0.600. The van der Waals surface area contributed by atoms with Gasteiger partial charge in [-0.3, -0.25) is 4.52 Å². The van der Waals surface area contributed by atoms with Crippen LogP contribution in [0.1, 0.15) is 6.92 Å². The van der Waals surface area contributed by atoms with Crippen LogP contribution < -0.4 is 5.50 Å². The second kappa shape index (κ2) is 5.89. The van der Waals surface area contributed by atoms with Gasteiger partial charge in [0, 0.05) is 0 Å². The average Bonchev–Trinajstić information content (AvgIpc) is 1.97. The number of phosphoric acid groups is 1. The lowest BCUT2D eigenvalue weighted by Crippen LogP contribution is -2.05. The van der Waals surface area contributed by atoms with Gasteiger partial charge < -0.3 is 14.9 Å². The number of aliphatic hydroxyl groups is 1. The zero-order valence-corrected chi connectivity index (χ0v) is 9.73. The largest absolute Gasteiger partial charge is 0.477 e. The highest BCUT2D eigenvalue weighted by atomic mass is 31.3. The van der Waals surface area contributed by atoms with Gasteiger partial charge >= 0.3 is 15.6 Å². The van der Waals surface area contributed by atoms with Crippen LogP contribution in [0.3, 0.4) is 0 Å². The van der Waals surface area contributed by atoms with Gasteiger partial charge in [-0.25, -0.2) is 14.6 Å². The monoisotopic (exact) mass is 261 g/mol. The quantitative estimate of drug-likeness (QED) is 0.390. The van der Waals surface area contributed by atoms with Gasteiger partial charge in [0.2, 0.25) is 0 Å². The molecule has 0 rings (SSSR count). The molecule has 0 aliphatic rings. The lowest BCUT2D eigenvalue weighted by Gasteiger charge is -2.13. The second-order valence-electron chi connectivity index (χ2n) is 2.62. The molecule has 0 amide bonds. The van der Waals surface area contributed by atoms with E-state index in [1.807, 2.05) is 0 Å². The first-order chi connectivity index (χ1) is 6.66. The SMILES string of the molecule is C/C(=C/CO)COP(N)(=O)OP(=O)(O)O. The Kier molecular flexibility index (Phi) is 5.87. The molecule has 1 atom stereocenters. The third-order valence-corrected chi connectivity index (χ3v) is 3.38. The number of nitrogens with two attached hydrogens (primary N) is 1. The standard InChI is InChI=1S/C5H13NO7P2/c1-5(2-3-7)4-12-14(6,8)13-15(9,10)11/h2,7H,3-4H2,1H3,(H2,6,8)(H2,9,10,11)/b5-2-. The first kappa shape index (κ1) is 15.0. The molecule has 0 radical (unpaired) electrons. The van der Waals surface area contributed by atoms with E-state index in [1.54, 1.807) is 6.92 Å². The van der Waals surface area contributed by atoms with Crippen molar-refractivity contribution in [2.75, 3.05) is 13.2 Å². The van der Waals surface area contributed by atoms with Crippen molar-refractivity contribution < 1.29 is 32.9 Å². The van der Waals surface area contributed by atoms with Crippen molar-refractivity contribution >= 4 is 15.6 Å². The number of hydrogen-bond donors (Lipinski definition) is 4. The fourth-order valence-electron chi connectivity index (χ4n) is 0.578. The summed E-state index contributed by atoms with van der Waals surface area (Å²) in [5.41, 5.74) is 5.37. The molecule has 15 heavy (non-hydrogen) atoms. The first-order valence-corrected chi connectivity index (χ1v) is 6.87. The van der Waals surface area contributed by atoms with E-state index < -0.39 is 15.6 Å². The molecule has 5 N–H and O–H groups in total. The summed E-state index contributed by atoms with van der Waals surface area (Å²) in [5.74, 6) is 0. The van der Waals surface area contributed by atoms with Crippen LogP contribution in [0.15, 0.2) is 11.6 Å². The summed E-state index contributed by atoms with van der Waals surface area (Å²) >= 11 is 0. The van der Waals surface area contributed by atoms with Crippen LogP contribution >= 0.6 is 15.6 Å². The van der Waals surface area contributed by atoms with Gasteiger partial charge in [-0.05, 0) is 12.5 Å². The van der Waals surface area contributed by atoms with Crippen LogP contribution in [0.2, 0.25) is 0 Å². The normalized spacial score (nSPS) is 17.5. The Morgan fingerprint density at radius 2 is 2.00 bits per heavy atom. The van der Waals surface area contributed by atoms with Gasteiger partial charge in [0.05, 0.1) is 13.2 Å². The summed E-state index contributed by atoms with van der Waals surface area (Å²) in [7, 11) is -9.22. The summed E-state index contributed by atoms with van der Waals surface area (Å²) in [6.45, 7) is 1.06. The molecule has 90 valence electrons. The Labute approximate surface area is 86.5 Å². The Morgan fingerprint density at radius 3 is 2.40 bits per heavy atom. The molecule has 0 aromatic rings. The summed E-state index contributed by atoms with van der Waals surface area (Å²) in [6.07, 6.45) is 1.36. The molecule has 1 unspecified atom stereocenters. The molecule has 0 saturated carbocycles. The first-order valence-electron chi connectivity index (χ1n) is 3.73. The summed E-state index contributed by atoms with van der Waals surface area (Å²) < 4.78 is 29.6. The summed E-state index contributed by atoms with van der Waals surface area (Å²) in [5, 5.41) is 8.46. The van der Waals surface area contributed by atoms with Crippen LogP contribution in [0.4, 0.5) is 0 Å². The second-order valence-corrected chi connectivity index (χ2v) is 5.59. The van der Waals surface area contributed by atoms with Gasteiger partial charge in [0.25, 0.3) is 0 Å². The molecule has 0 aliphatic heterocycles. The highest BCUT2D eigenvalue weighted by molar-refractivity contribution is 7.62. The van der Waals surface area contributed by atoms with Crippen molar-refractivity contribution in [3.05, 3.63) is 11.6 Å². The molecule has 8 nitrogen and oxygen atoms in total. The van der Waals surface area contributed by atoms with Gasteiger partial charge in [0.15, 0.2) is 0 Å². The molecular weight excluding hydrogens is 248 g/mol. The van der Waals surface area contributed by atoms with Crippen LogP contribution in [-0.4, -0.2) is 28.1 Å². The zero-order valence-electron chi connectivity index (χ0n) is 7.94. The van der Waals surface area contributed by atoms with E-state index in [0.717, 1.165) is 0 Å². The molecule has 0 aromatic heterocycles. The Morgan fingerprint density at radius 1 is 1.47 bits per heavy atom. The van der Waals surface area contributed by atoms with Crippen molar-refractivity contribution in [1.82, 2.24) is 0 Å². The Bertz CT molecular complexity index is 321. The van der Waals surface area contributed by atoms with E-state index in [9.17, 15) is 9.13 Å². The van der Waals surface area contributed by atoms with Crippen molar-refractivity contribution in [2.24, 2.45) is 5.50 Å². The van der Waals surface area contributed by atoms with Crippen molar-refractivity contribution in [1.29, 1.82) is 0 Å². The minimum absolute atomic E-state index is 0.233. The minimum atomic E-state index is -4.94. The fourth-order valence-corrected chi connectivity index (χ4v) is 2.34. The average molecular weight is 261 g/mol. The van der Waals surface area contributed by atoms with Crippen molar-refractivity contribution in [3.63, 3.8) is 0 Å². The maximum Gasteiger partial charge on any atom is 0.477 e. The van der Waals surface area contributed by atoms with Crippen LogP contribution in [-0.2, 0) is 18.0 Å². The van der Waals surface area contributed by atoms with Gasteiger partial charge in [-0.1, -0.05) is 6.08 Å². The Hall–Kier alpha value is -0.0400. The predicted octanol–water partition coefficient (Wildman–Crippen LogP) is 0.118. The number of hydrogen-bond acceptors (Lipinski definition) is 5. The molecule has 10 heteroatoms. The van der Waals surface area contributed by atoms with E-state index in [1.165, 1.54) is 6.08 Å². The third kappa shape index (κ3) is 8.92. The smallest absolute Gasteiger partial charge is 0.392 e. The van der Waals surface area contributed by atoms with E-state index in [2.05, 4.69) is 8.83 Å². The highest BCUT2D eigenvalue weighted by Gasteiger charge is 2.29. The van der Waals surface area contributed by atoms with Gasteiger partial charge in [-0.2, -0.15) is 4.31 Å². The molecule has 0 bridgehead atoms. The topological polar surface area (TPSA) is 139 Å². The number of rotatable bonds is 6. The maximum atomic E-state index is 11.1. The molecule has 0 aliphatic carbocycles. The maximum absolute atomic E-state index is 11.1. The lowest BCUT2D eigenvalue weighted by atomic mass is 10.3. The van der Waals surface area contributed by atoms with Crippen LogP contribution in [0.25, 0.3) is 0 Å². The molecule has 0 fully saturated rings. The van der Waals surface area contributed by atoms with Crippen LogP contribution in [0.5, 0.6) is 0 Å². The molecular formula is C5H13NO7P2. The van der Waals surface area contributed by atoms with Gasteiger partial charge in [-0.15, -0.1) is 0 Å². The molecule has 0 saturated heterocycles. The summed E-state index contributed by atoms with van der Waals surface area (Å²) in [6, 6.07) is 0. The van der Waals surface area contributed by atoms with E-state index in [0.29, 0.717) is 5.57 Å². The van der Waals surface area contributed by atoms with Crippen molar-refractivity contribution in [3.8, 4) is 0 Å². The highest BCUT2D eigenvalue weighted by Crippen LogP contribution is 2.55. The zero-order chi connectivity index (χ0) is 12.1. The molecule has 0 spiro atoms. The van der Waals surface area contributed by atoms with Crippen LogP contribution in [0, 0.1) is 0 Å². The molecule has 0 aromatic carbocycles. The van der Waals surface area contributed by atoms with Gasteiger partial charge in [0.1, 0.15) is 0 Å². The summed E-state index contributed by atoms with van der Waals surface area (Å²) in [4.78, 5) is 16.6. The van der Waals surface area contributed by atoms with E-state index in [-0.39, 0.29) is 13.2 Å². The Balaban J connectivity index is 4.23. The van der Waals surface area contributed by atoms with Crippen molar-refractivity contribution in [2.45, 2.75) is 6.92 Å². The molecule has 0 heterocycles. The lowest BCUT2D eigenvalue weighted by molar-refractivity contribution is 0.235.